The molecule has 2 aliphatic rings. The molecule has 1 fully saturated rings. The molecule has 0 unspecified atom stereocenters. The monoisotopic (exact) mass is 768 g/mol. The van der Waals surface area contributed by atoms with Crippen molar-refractivity contribution < 1.29 is 39.5 Å². The normalized spacial score (nSPS) is 15.7. The lowest BCUT2D eigenvalue weighted by atomic mass is 9.96. The van der Waals surface area contributed by atoms with Gasteiger partial charge in [0.15, 0.2) is 5.75 Å². The quantitative estimate of drug-likeness (QED) is 0.135. The molecule has 0 radical (unpaired) electrons. The Kier molecular flexibility index (Phi) is 10.6. The van der Waals surface area contributed by atoms with Crippen LogP contribution < -0.4 is 18.4 Å². The average Bonchev–Trinajstić information content (AvgIpc) is 3.67. The van der Waals surface area contributed by atoms with E-state index in [-0.39, 0.29) is 46.0 Å². The fourth-order valence-corrected chi connectivity index (χ4v) is 8.26. The van der Waals surface area contributed by atoms with Crippen LogP contribution in [0.25, 0.3) is 0 Å². The number of carbonyl (C=O) groups excluding carboxylic acids is 1. The number of anilines is 1. The molecule has 2 aliphatic heterocycles. The van der Waals surface area contributed by atoms with Crippen molar-refractivity contribution in [1.82, 2.24) is 4.90 Å². The van der Waals surface area contributed by atoms with Crippen molar-refractivity contribution in [2.45, 2.75) is 55.7 Å². The predicted octanol–water partition coefficient (Wildman–Crippen LogP) is 6.82. The SMILES string of the molecule is Cc1ccc(S(=O)(=O)Oc2cc(OCc3ccccc3)c(C(=O)N3CCc4cccc(N[C@@H]5CCOC5)c4C3)c(OS(=O)(=O)c3ccc(C)cc3)c2)cc1. The maximum absolute atomic E-state index is 14.8. The maximum Gasteiger partial charge on any atom is 0.339 e. The molecule has 0 spiro atoms. The largest absolute Gasteiger partial charge is 0.488 e. The third-order valence-electron chi connectivity index (χ3n) is 9.36. The van der Waals surface area contributed by atoms with Crippen LogP contribution in [-0.2, 0) is 44.5 Å². The molecule has 54 heavy (non-hydrogen) atoms. The lowest BCUT2D eigenvalue weighted by Gasteiger charge is -2.32. The zero-order chi connectivity index (χ0) is 37.9. The Bertz CT molecular complexity index is 2360. The second-order valence-electron chi connectivity index (χ2n) is 13.4. The molecule has 5 aromatic carbocycles. The van der Waals surface area contributed by atoms with Crippen molar-refractivity contribution in [1.29, 1.82) is 0 Å². The van der Waals surface area contributed by atoms with Crippen molar-refractivity contribution in [2.24, 2.45) is 0 Å². The molecule has 2 heterocycles. The molecule has 0 aliphatic carbocycles. The number of benzene rings is 5. The minimum atomic E-state index is -4.54. The second-order valence-corrected chi connectivity index (χ2v) is 16.5. The molecule has 1 amide bonds. The Labute approximate surface area is 315 Å². The van der Waals surface area contributed by atoms with Crippen molar-refractivity contribution >= 4 is 31.8 Å². The van der Waals surface area contributed by atoms with Crippen molar-refractivity contribution in [3.63, 3.8) is 0 Å². The molecule has 13 heteroatoms. The summed E-state index contributed by atoms with van der Waals surface area (Å²) in [4.78, 5) is 16.1. The molecular weight excluding hydrogens is 729 g/mol. The van der Waals surface area contributed by atoms with Crippen LogP contribution in [0, 0.1) is 13.8 Å². The molecule has 1 saturated heterocycles. The highest BCUT2D eigenvalue weighted by Crippen LogP contribution is 2.40. The van der Waals surface area contributed by atoms with Gasteiger partial charge in [0, 0.05) is 37.5 Å². The van der Waals surface area contributed by atoms with Crippen molar-refractivity contribution in [3.8, 4) is 17.2 Å². The summed E-state index contributed by atoms with van der Waals surface area (Å²) in [5, 5.41) is 3.56. The van der Waals surface area contributed by atoms with Gasteiger partial charge in [0.1, 0.15) is 33.5 Å². The van der Waals surface area contributed by atoms with Crippen LogP contribution in [0.15, 0.2) is 119 Å². The van der Waals surface area contributed by atoms with Gasteiger partial charge in [-0.25, -0.2) is 0 Å². The van der Waals surface area contributed by atoms with Crippen LogP contribution in [0.1, 0.15) is 44.6 Å². The summed E-state index contributed by atoms with van der Waals surface area (Å²) in [6, 6.07) is 29.8. The van der Waals surface area contributed by atoms with Crippen LogP contribution in [0.3, 0.4) is 0 Å². The number of nitrogens with zero attached hydrogens (tertiary/aromatic N) is 1. The van der Waals surface area contributed by atoms with Crippen LogP contribution in [0.4, 0.5) is 5.69 Å². The van der Waals surface area contributed by atoms with Crippen LogP contribution >= 0.6 is 0 Å². The van der Waals surface area contributed by atoms with E-state index in [1.165, 1.54) is 30.3 Å². The zero-order valence-corrected chi connectivity index (χ0v) is 31.5. The maximum atomic E-state index is 14.8. The second kappa shape index (κ2) is 15.5. The molecule has 0 saturated carbocycles. The number of hydrogen-bond donors (Lipinski definition) is 1. The summed E-state index contributed by atoms with van der Waals surface area (Å²) >= 11 is 0. The van der Waals surface area contributed by atoms with Gasteiger partial charge in [-0.1, -0.05) is 77.9 Å². The molecule has 1 atom stereocenters. The topological polar surface area (TPSA) is 138 Å². The third-order valence-corrected chi connectivity index (χ3v) is 11.9. The zero-order valence-electron chi connectivity index (χ0n) is 29.9. The number of aryl methyl sites for hydroxylation is 2. The molecule has 7 rings (SSSR count). The highest BCUT2D eigenvalue weighted by Gasteiger charge is 2.33. The summed E-state index contributed by atoms with van der Waals surface area (Å²) in [6.07, 6.45) is 1.41. The van der Waals surface area contributed by atoms with E-state index in [9.17, 15) is 21.6 Å². The highest BCUT2D eigenvalue weighted by atomic mass is 32.2. The van der Waals surface area contributed by atoms with E-state index >= 15 is 0 Å². The summed E-state index contributed by atoms with van der Waals surface area (Å²) in [6.45, 7) is 5.41. The first-order chi connectivity index (χ1) is 25.9. The summed E-state index contributed by atoms with van der Waals surface area (Å²) in [5.74, 6) is -1.43. The number of fused-ring (bicyclic) bond motifs is 1. The smallest absolute Gasteiger partial charge is 0.339 e. The Morgan fingerprint density at radius 1 is 0.796 bits per heavy atom. The fourth-order valence-electron chi connectivity index (χ4n) is 6.41. The van der Waals surface area contributed by atoms with Crippen LogP contribution in [-0.4, -0.2) is 53.4 Å². The van der Waals surface area contributed by atoms with E-state index in [1.54, 1.807) is 29.2 Å². The van der Waals surface area contributed by atoms with Gasteiger partial charge < -0.3 is 28.1 Å². The van der Waals surface area contributed by atoms with Gasteiger partial charge in [0.05, 0.1) is 12.6 Å². The lowest BCUT2D eigenvalue weighted by Crippen LogP contribution is -2.37. The standard InChI is InChI=1S/C41H40N2O9S2/c1-28-11-15-34(16-12-28)53(45,46)51-33-23-38(50-26-30-7-4-3-5-8-30)40(39(24-33)52-54(47,48)35-17-13-29(2)14-18-35)41(44)43-21-19-31-9-6-10-37(36(31)25-43)42-32-20-22-49-27-32/h3-18,23-24,32,42H,19-22,25-27H2,1-2H3/t32-/m1/s1. The van der Waals surface area contributed by atoms with Gasteiger partial charge in [-0.15, -0.1) is 0 Å². The number of nitrogens with one attached hydrogen (secondary N) is 1. The number of carbonyl (C=O) groups is 1. The van der Waals surface area contributed by atoms with E-state index in [4.69, 9.17) is 17.8 Å². The first kappa shape index (κ1) is 37.0. The Hall–Kier alpha value is -5.37. The number of rotatable bonds is 12. The molecule has 280 valence electrons. The molecule has 0 aromatic heterocycles. The summed E-state index contributed by atoms with van der Waals surface area (Å²) in [5.41, 5.74) is 5.16. The van der Waals surface area contributed by atoms with Crippen molar-refractivity contribution in [3.05, 3.63) is 143 Å². The Morgan fingerprint density at radius 2 is 1.44 bits per heavy atom. The highest BCUT2D eigenvalue weighted by molar-refractivity contribution is 7.87. The van der Waals surface area contributed by atoms with Crippen LogP contribution in [0.5, 0.6) is 17.2 Å². The molecule has 1 N–H and O–H groups in total. The Morgan fingerprint density at radius 3 is 2.09 bits per heavy atom. The first-order valence-electron chi connectivity index (χ1n) is 17.6. The lowest BCUT2D eigenvalue weighted by molar-refractivity contribution is 0.0728. The minimum Gasteiger partial charge on any atom is -0.488 e. The number of ether oxygens (including phenoxy) is 2. The third kappa shape index (κ3) is 8.38. The van der Waals surface area contributed by atoms with Gasteiger partial charge in [0.2, 0.25) is 0 Å². The van der Waals surface area contributed by atoms with Gasteiger partial charge in [-0.05, 0) is 73.7 Å². The van der Waals surface area contributed by atoms with E-state index in [2.05, 4.69) is 5.32 Å². The molecular formula is C41H40N2O9S2. The van der Waals surface area contributed by atoms with Crippen LogP contribution in [0.2, 0.25) is 0 Å². The predicted molar refractivity (Wildman–Crippen MR) is 203 cm³/mol. The van der Waals surface area contributed by atoms with E-state index in [0.29, 0.717) is 26.2 Å². The van der Waals surface area contributed by atoms with E-state index < -0.39 is 31.9 Å². The fraction of sp³-hybridized carbons (Fsp3) is 0.244. The Balaban J connectivity index is 1.32. The van der Waals surface area contributed by atoms with Gasteiger partial charge >= 0.3 is 20.2 Å². The van der Waals surface area contributed by atoms with Gasteiger partial charge in [-0.3, -0.25) is 4.79 Å². The first-order valence-corrected chi connectivity index (χ1v) is 20.4. The van der Waals surface area contributed by atoms with Gasteiger partial charge in [0.25, 0.3) is 5.91 Å². The average molecular weight is 769 g/mol. The van der Waals surface area contributed by atoms with Gasteiger partial charge in [-0.2, -0.15) is 16.8 Å². The summed E-state index contributed by atoms with van der Waals surface area (Å²) < 4.78 is 77.7. The molecule has 0 bridgehead atoms. The minimum absolute atomic E-state index is 0.0280. The summed E-state index contributed by atoms with van der Waals surface area (Å²) in [7, 11) is -8.95. The van der Waals surface area contributed by atoms with E-state index in [1.807, 2.05) is 62.4 Å². The number of amides is 1. The molecule has 5 aromatic rings. The van der Waals surface area contributed by atoms with Crippen molar-refractivity contribution in [2.75, 3.05) is 25.1 Å². The molecule has 11 nitrogen and oxygen atoms in total. The van der Waals surface area contributed by atoms with E-state index in [0.717, 1.165) is 46.0 Å². The number of hydrogen-bond acceptors (Lipinski definition) is 10.